The second-order valence-corrected chi connectivity index (χ2v) is 0.777. The van der Waals surface area contributed by atoms with Gasteiger partial charge < -0.3 is 4.79 Å². The van der Waals surface area contributed by atoms with Crippen LogP contribution < -0.4 is 0 Å². The molecule has 0 fully saturated rings. The van der Waals surface area contributed by atoms with Crippen molar-refractivity contribution in [3.05, 3.63) is 11.4 Å². The molecule has 0 radical (unpaired) electrons. The van der Waals surface area contributed by atoms with Crippen molar-refractivity contribution in [3.8, 4) is 0 Å². The molecule has 0 aliphatic carbocycles. The number of hydrogen-bond acceptors (Lipinski definition) is 1. The molecule has 0 unspecified atom stereocenters. The van der Waals surface area contributed by atoms with E-state index in [9.17, 15) is 4.79 Å². The lowest BCUT2D eigenvalue weighted by molar-refractivity contribution is 0.272. The molecule has 1 amide bonds. The fraction of sp³-hybridized carbons (Fsp3) is 0. The van der Waals surface area contributed by atoms with Gasteiger partial charge in [0, 0.05) is 0 Å². The minimum atomic E-state index is -0.759. The van der Waals surface area contributed by atoms with E-state index in [1.54, 1.807) is 0 Å². The minimum absolute atomic E-state index is 0.759. The van der Waals surface area contributed by atoms with Crippen LogP contribution >= 0.6 is 12.6 Å². The molecule has 0 saturated carbocycles. The summed E-state index contributed by atoms with van der Waals surface area (Å²) in [5.74, 6) is 0. The Bertz CT molecular complexity index is 82.1. The van der Waals surface area contributed by atoms with Crippen molar-refractivity contribution in [1.29, 1.82) is 0 Å². The van der Waals surface area contributed by atoms with Crippen molar-refractivity contribution in [1.82, 2.24) is 0 Å². The van der Waals surface area contributed by atoms with Gasteiger partial charge in [0.25, 0.3) is 0 Å². The van der Waals surface area contributed by atoms with Crippen LogP contribution in [-0.2, 0) is 0 Å². The van der Waals surface area contributed by atoms with Crippen LogP contribution in [-0.4, -0.2) is 5.24 Å². The molecule has 0 aromatic rings. The molecule has 0 heterocycles. The van der Waals surface area contributed by atoms with Crippen molar-refractivity contribution >= 4 is 17.9 Å². The van der Waals surface area contributed by atoms with Crippen LogP contribution in [0.2, 0.25) is 0 Å². The molecule has 0 atom stereocenters. The summed E-state index contributed by atoms with van der Waals surface area (Å²) in [6, 6.07) is 0. The zero-order chi connectivity index (χ0) is 4.28. The van der Waals surface area contributed by atoms with E-state index in [-0.39, 0.29) is 0 Å². The van der Waals surface area contributed by atoms with Crippen LogP contribution in [0.5, 0.6) is 0 Å². The summed E-state index contributed by atoms with van der Waals surface area (Å²) < 4.78 is 0. The van der Waals surface area contributed by atoms with E-state index in [0.29, 0.717) is 0 Å². The maximum atomic E-state index is 9.32. The first kappa shape index (κ1) is 4.51. The largest absolute Gasteiger partial charge is 0.411 e. The molecular weight excluding hydrogens is 86.1 g/mol. The van der Waals surface area contributed by atoms with Crippen LogP contribution in [0.15, 0.2) is 0 Å². The second-order valence-electron chi connectivity index (χ2n) is 0.394. The van der Waals surface area contributed by atoms with Crippen molar-refractivity contribution in [2.45, 2.75) is 0 Å². The fourth-order valence-electron chi connectivity index (χ4n) is 0. The average molecular weight is 87.1 g/mol. The molecule has 0 aromatic heterocycles. The lowest BCUT2D eigenvalue weighted by atomic mass is 11.4. The zero-order valence-electron chi connectivity index (χ0n) is 2.30. The maximum absolute atomic E-state index is 9.32. The molecule has 0 spiro atoms. The van der Waals surface area contributed by atoms with Crippen LogP contribution in [0, 0.1) is 6.57 Å². The molecule has 5 heavy (non-hydrogen) atoms. The Labute approximate surface area is 35.0 Å². The molecule has 0 N–H and O–H groups in total. The van der Waals surface area contributed by atoms with Crippen molar-refractivity contribution in [2.75, 3.05) is 0 Å². The highest BCUT2D eigenvalue weighted by molar-refractivity contribution is 7.97. The summed E-state index contributed by atoms with van der Waals surface area (Å²) in [6.45, 7) is 5.86. The van der Waals surface area contributed by atoms with Gasteiger partial charge in [-0.05, 0) is 0 Å². The standard InChI is InChI=1S/C2HNOS/c1-3-2(4)5/h(H,4,5). The van der Waals surface area contributed by atoms with Gasteiger partial charge in [-0.25, -0.2) is 0 Å². The number of hydrogen-bond donors (Lipinski definition) is 1. The van der Waals surface area contributed by atoms with E-state index in [0.717, 1.165) is 0 Å². The molecule has 3 heteroatoms. The Morgan fingerprint density at radius 2 is 2.20 bits per heavy atom. The molecule has 26 valence electrons. The molecular formula is C2HNOS. The predicted octanol–water partition coefficient (Wildman–Crippen LogP) is 0.955. The van der Waals surface area contributed by atoms with Crippen LogP contribution in [0.4, 0.5) is 4.79 Å². The van der Waals surface area contributed by atoms with Crippen molar-refractivity contribution < 1.29 is 4.79 Å². The van der Waals surface area contributed by atoms with E-state index >= 15 is 0 Å². The monoisotopic (exact) mass is 87.0 g/mol. The summed E-state index contributed by atoms with van der Waals surface area (Å²) in [4.78, 5) is 11.7. The molecule has 0 aliphatic heterocycles. The molecule has 0 saturated heterocycles. The highest BCUT2D eigenvalue weighted by Crippen LogP contribution is 1.78. The number of rotatable bonds is 0. The van der Waals surface area contributed by atoms with Gasteiger partial charge in [0.15, 0.2) is 0 Å². The third kappa shape index (κ3) is 3.51. The molecule has 0 aromatic carbocycles. The Balaban J connectivity index is 3.35. The number of thiol groups is 1. The summed E-state index contributed by atoms with van der Waals surface area (Å²) in [5, 5.41) is -0.759. The maximum Gasteiger partial charge on any atom is 0.411 e. The van der Waals surface area contributed by atoms with E-state index in [4.69, 9.17) is 6.57 Å². The number of carbonyl (C=O) groups excluding carboxylic acids is 1. The molecule has 0 aliphatic rings. The van der Waals surface area contributed by atoms with E-state index in [2.05, 4.69) is 17.5 Å². The van der Waals surface area contributed by atoms with Gasteiger partial charge in [0.1, 0.15) is 0 Å². The Hall–Kier alpha value is -0.490. The number of amides is 1. The Morgan fingerprint density at radius 3 is 2.20 bits per heavy atom. The first-order chi connectivity index (χ1) is 2.27. The normalized spacial score (nSPS) is 5.60. The van der Waals surface area contributed by atoms with Gasteiger partial charge in [-0.3, -0.25) is 0 Å². The highest BCUT2D eigenvalue weighted by atomic mass is 32.1. The summed E-state index contributed by atoms with van der Waals surface area (Å²) in [6.07, 6.45) is 0. The summed E-state index contributed by atoms with van der Waals surface area (Å²) in [7, 11) is 0. The third-order valence-electron chi connectivity index (χ3n) is 0.0956. The Morgan fingerprint density at radius 1 is 2.00 bits per heavy atom. The zero-order valence-corrected chi connectivity index (χ0v) is 3.20. The van der Waals surface area contributed by atoms with Crippen LogP contribution in [0.25, 0.3) is 4.85 Å². The number of carbonyl (C=O) groups is 1. The van der Waals surface area contributed by atoms with E-state index in [1.807, 2.05) is 0 Å². The average Bonchev–Trinajstić information content (AvgIpc) is 1.38. The van der Waals surface area contributed by atoms with Gasteiger partial charge in [-0.1, -0.05) is 0 Å². The van der Waals surface area contributed by atoms with Crippen LogP contribution in [0.1, 0.15) is 0 Å². The fourth-order valence-corrected chi connectivity index (χ4v) is 0. The van der Waals surface area contributed by atoms with Gasteiger partial charge in [-0.15, -0.1) is 12.6 Å². The van der Waals surface area contributed by atoms with Crippen molar-refractivity contribution in [2.24, 2.45) is 0 Å². The van der Waals surface area contributed by atoms with Crippen molar-refractivity contribution in [3.63, 3.8) is 0 Å². The smallest absolute Gasteiger partial charge is 0.305 e. The molecule has 0 rings (SSSR count). The molecule has 2 nitrogen and oxygen atoms in total. The van der Waals surface area contributed by atoms with E-state index < -0.39 is 5.24 Å². The van der Waals surface area contributed by atoms with Crippen LogP contribution in [0.3, 0.4) is 0 Å². The third-order valence-corrected chi connectivity index (χ3v) is 0.196. The molecule has 0 bridgehead atoms. The predicted molar refractivity (Wildman–Crippen MR) is 21.0 cm³/mol. The van der Waals surface area contributed by atoms with Gasteiger partial charge in [0.05, 0.1) is 6.57 Å². The summed E-state index contributed by atoms with van der Waals surface area (Å²) >= 11 is 3.10. The van der Waals surface area contributed by atoms with E-state index in [1.165, 1.54) is 0 Å². The van der Waals surface area contributed by atoms with Gasteiger partial charge in [0.2, 0.25) is 0 Å². The summed E-state index contributed by atoms with van der Waals surface area (Å²) in [5.41, 5.74) is 0. The Kier molecular flexibility index (Phi) is 1.62. The second kappa shape index (κ2) is 1.79. The minimum Gasteiger partial charge on any atom is -0.305 e. The lowest BCUT2D eigenvalue weighted by Gasteiger charge is -1.55. The van der Waals surface area contributed by atoms with Gasteiger partial charge >= 0.3 is 5.24 Å². The first-order valence-corrected chi connectivity index (χ1v) is 1.32. The number of nitrogens with zero attached hydrogens (tertiary/aromatic N) is 1. The lowest BCUT2D eigenvalue weighted by Crippen LogP contribution is -1.57. The first-order valence-electron chi connectivity index (χ1n) is 0.875. The van der Waals surface area contributed by atoms with Gasteiger partial charge in [-0.2, -0.15) is 4.85 Å². The highest BCUT2D eigenvalue weighted by Gasteiger charge is 1.76. The topological polar surface area (TPSA) is 21.4 Å². The quantitative estimate of drug-likeness (QED) is 0.345. The SMILES string of the molecule is [C-]#[N+]C(=O)S.